The van der Waals surface area contributed by atoms with Gasteiger partial charge in [0, 0.05) is 37.4 Å². The Morgan fingerprint density at radius 3 is 2.52 bits per heavy atom. The van der Waals surface area contributed by atoms with Gasteiger partial charge in [0.2, 0.25) is 0 Å². The minimum absolute atomic E-state index is 0.199. The number of carbonyl (C=O) groups excluding carboxylic acids is 1. The van der Waals surface area contributed by atoms with Crippen molar-refractivity contribution in [1.82, 2.24) is 10.2 Å². The summed E-state index contributed by atoms with van der Waals surface area (Å²) in [6.07, 6.45) is 0. The molecule has 2 aromatic carbocycles. The van der Waals surface area contributed by atoms with Gasteiger partial charge >= 0.3 is 0 Å². The monoisotopic (exact) mass is 496 g/mol. The van der Waals surface area contributed by atoms with E-state index < -0.39 is 0 Å². The Morgan fingerprint density at radius 1 is 1.17 bits per heavy atom. The molecule has 3 rings (SSSR count). The van der Waals surface area contributed by atoms with Crippen molar-refractivity contribution < 1.29 is 9.53 Å². The Balaban J connectivity index is 1.61. The van der Waals surface area contributed by atoms with Crippen LogP contribution in [-0.4, -0.2) is 56.3 Å². The molecule has 1 saturated heterocycles. The van der Waals surface area contributed by atoms with Crippen LogP contribution in [0.15, 0.2) is 40.9 Å². The van der Waals surface area contributed by atoms with Gasteiger partial charge in [-0.05, 0) is 71.6 Å². The fourth-order valence-electron chi connectivity index (χ4n) is 3.03. The average molecular weight is 498 g/mol. The maximum Gasteiger partial charge on any atom is 0.257 e. The van der Waals surface area contributed by atoms with Crippen LogP contribution >= 0.6 is 39.7 Å². The summed E-state index contributed by atoms with van der Waals surface area (Å²) in [5.74, 6) is 0.336. The highest BCUT2D eigenvalue weighted by Gasteiger charge is 2.17. The summed E-state index contributed by atoms with van der Waals surface area (Å²) in [6, 6.07) is 10.8. The highest BCUT2D eigenvalue weighted by atomic mass is 79.9. The van der Waals surface area contributed by atoms with Crippen molar-refractivity contribution in [3.8, 4) is 5.75 Å². The Kier molecular flexibility index (Phi) is 7.34. The van der Waals surface area contributed by atoms with Gasteiger partial charge in [-0.2, -0.15) is 0 Å². The predicted octanol–water partition coefficient (Wildman–Crippen LogP) is 3.99. The van der Waals surface area contributed by atoms with Crippen LogP contribution in [-0.2, 0) is 0 Å². The Labute approximate surface area is 189 Å². The van der Waals surface area contributed by atoms with Crippen LogP contribution < -0.4 is 20.3 Å². The summed E-state index contributed by atoms with van der Waals surface area (Å²) < 4.78 is 5.87. The zero-order valence-electron chi connectivity index (χ0n) is 16.2. The van der Waals surface area contributed by atoms with Crippen LogP contribution in [0.3, 0.4) is 0 Å². The number of nitrogens with zero attached hydrogens (tertiary/aromatic N) is 2. The summed E-state index contributed by atoms with van der Waals surface area (Å²) in [7, 11) is 3.69. The molecule has 29 heavy (non-hydrogen) atoms. The molecule has 1 aliphatic rings. The van der Waals surface area contributed by atoms with Crippen LogP contribution in [0.4, 0.5) is 11.4 Å². The summed E-state index contributed by atoms with van der Waals surface area (Å²) in [5, 5.41) is 6.53. The van der Waals surface area contributed by atoms with Gasteiger partial charge < -0.3 is 19.9 Å². The van der Waals surface area contributed by atoms with Crippen LogP contribution in [0.2, 0.25) is 5.02 Å². The number of halogens is 2. The molecular formula is C20H22BrClN4O2S. The van der Waals surface area contributed by atoms with Crippen LogP contribution in [0.5, 0.6) is 5.75 Å². The molecule has 1 fully saturated rings. The molecule has 1 heterocycles. The van der Waals surface area contributed by atoms with E-state index in [-0.39, 0.29) is 11.0 Å². The molecule has 1 amide bonds. The highest BCUT2D eigenvalue weighted by Crippen LogP contribution is 2.29. The van der Waals surface area contributed by atoms with Gasteiger partial charge in [-0.3, -0.25) is 10.1 Å². The van der Waals surface area contributed by atoms with E-state index in [1.54, 1.807) is 25.3 Å². The number of likely N-dealkylation sites (N-methyl/N-ethyl adjacent to an activating group) is 1. The van der Waals surface area contributed by atoms with E-state index in [0.29, 0.717) is 26.5 Å². The molecule has 9 heteroatoms. The zero-order chi connectivity index (χ0) is 21.0. The smallest absolute Gasteiger partial charge is 0.257 e. The molecule has 0 atom stereocenters. The number of amides is 1. The Hall–Kier alpha value is -1.87. The van der Waals surface area contributed by atoms with Crippen LogP contribution in [0.1, 0.15) is 10.4 Å². The molecule has 0 aromatic heterocycles. The second-order valence-electron chi connectivity index (χ2n) is 6.71. The number of hydrogen-bond acceptors (Lipinski definition) is 5. The van der Waals surface area contributed by atoms with Crippen molar-refractivity contribution in [2.45, 2.75) is 0 Å². The lowest BCUT2D eigenvalue weighted by Gasteiger charge is -2.34. The number of methoxy groups -OCH3 is 1. The maximum absolute atomic E-state index is 12.4. The number of hydrogen-bond donors (Lipinski definition) is 2. The quantitative estimate of drug-likeness (QED) is 0.623. The van der Waals surface area contributed by atoms with Crippen molar-refractivity contribution in [2.24, 2.45) is 0 Å². The number of piperazine rings is 1. The molecule has 0 radical (unpaired) electrons. The van der Waals surface area contributed by atoms with E-state index >= 15 is 0 Å². The standard InChI is InChI=1S/C20H22BrClN4O2S/c1-25-7-9-26(10-8-25)17-5-4-14(12-16(17)22)23-20(29)24-19(27)13-3-6-18(28-2)15(21)11-13/h3-6,11-12H,7-10H2,1-2H3,(H2,23,24,27,29). The van der Waals surface area contributed by atoms with Crippen LogP contribution in [0.25, 0.3) is 0 Å². The van der Waals surface area contributed by atoms with E-state index in [0.717, 1.165) is 31.9 Å². The number of nitrogens with one attached hydrogen (secondary N) is 2. The van der Waals surface area contributed by atoms with Crippen molar-refractivity contribution >= 4 is 62.1 Å². The van der Waals surface area contributed by atoms with Crippen LogP contribution in [0, 0.1) is 0 Å². The number of thiocarbonyl (C=S) groups is 1. The van der Waals surface area contributed by atoms with Gasteiger partial charge in [0.15, 0.2) is 5.11 Å². The molecule has 0 aliphatic carbocycles. The van der Waals surface area contributed by atoms with Gasteiger partial charge in [-0.15, -0.1) is 0 Å². The molecular weight excluding hydrogens is 476 g/mol. The van der Waals surface area contributed by atoms with Crippen molar-refractivity contribution in [3.63, 3.8) is 0 Å². The van der Waals surface area contributed by atoms with E-state index in [9.17, 15) is 4.79 Å². The Morgan fingerprint density at radius 2 is 1.90 bits per heavy atom. The minimum Gasteiger partial charge on any atom is -0.496 e. The number of rotatable bonds is 4. The lowest BCUT2D eigenvalue weighted by molar-refractivity contribution is 0.0977. The largest absolute Gasteiger partial charge is 0.496 e. The number of benzene rings is 2. The molecule has 0 bridgehead atoms. The first kappa shape index (κ1) is 21.8. The second kappa shape index (κ2) is 9.75. The summed E-state index contributed by atoms with van der Waals surface area (Å²) in [6.45, 7) is 3.89. The first-order valence-corrected chi connectivity index (χ1v) is 10.6. The Bertz CT molecular complexity index is 919. The van der Waals surface area contributed by atoms with Gasteiger partial charge in [-0.25, -0.2) is 0 Å². The zero-order valence-corrected chi connectivity index (χ0v) is 19.3. The predicted molar refractivity (Wildman–Crippen MR) is 126 cm³/mol. The van der Waals surface area contributed by atoms with Gasteiger partial charge in [-0.1, -0.05) is 11.6 Å². The van der Waals surface area contributed by atoms with Crippen molar-refractivity contribution in [3.05, 3.63) is 51.5 Å². The minimum atomic E-state index is -0.314. The summed E-state index contributed by atoms with van der Waals surface area (Å²) in [4.78, 5) is 17.0. The third-order valence-electron chi connectivity index (χ3n) is 4.69. The summed E-state index contributed by atoms with van der Waals surface area (Å²) in [5.41, 5.74) is 2.18. The second-order valence-corrected chi connectivity index (χ2v) is 8.38. The fourth-order valence-corrected chi connectivity index (χ4v) is 4.08. The number of ether oxygens (including phenoxy) is 1. The average Bonchev–Trinajstić information content (AvgIpc) is 2.69. The van der Waals surface area contributed by atoms with E-state index in [2.05, 4.69) is 43.4 Å². The van der Waals surface area contributed by atoms with Crippen molar-refractivity contribution in [2.75, 3.05) is 50.6 Å². The molecule has 154 valence electrons. The van der Waals surface area contributed by atoms with E-state index in [1.807, 2.05) is 18.2 Å². The number of carbonyl (C=O) groups is 1. The third-order valence-corrected chi connectivity index (χ3v) is 5.82. The third kappa shape index (κ3) is 5.60. The summed E-state index contributed by atoms with van der Waals surface area (Å²) >= 11 is 15.1. The molecule has 0 saturated carbocycles. The van der Waals surface area contributed by atoms with E-state index in [4.69, 9.17) is 28.6 Å². The number of anilines is 2. The first-order chi connectivity index (χ1) is 13.9. The first-order valence-electron chi connectivity index (χ1n) is 9.06. The molecule has 2 N–H and O–H groups in total. The molecule has 1 aliphatic heterocycles. The van der Waals surface area contributed by atoms with Gasteiger partial charge in [0.25, 0.3) is 5.91 Å². The highest BCUT2D eigenvalue weighted by molar-refractivity contribution is 9.10. The molecule has 2 aromatic rings. The van der Waals surface area contributed by atoms with Gasteiger partial charge in [0.1, 0.15) is 5.75 Å². The lowest BCUT2D eigenvalue weighted by Crippen LogP contribution is -2.44. The topological polar surface area (TPSA) is 56.8 Å². The van der Waals surface area contributed by atoms with Gasteiger partial charge in [0.05, 0.1) is 22.3 Å². The molecule has 0 unspecified atom stereocenters. The van der Waals surface area contributed by atoms with E-state index in [1.165, 1.54) is 0 Å². The maximum atomic E-state index is 12.4. The normalized spacial score (nSPS) is 14.4. The lowest BCUT2D eigenvalue weighted by atomic mass is 10.2. The molecule has 0 spiro atoms. The molecule has 6 nitrogen and oxygen atoms in total. The van der Waals surface area contributed by atoms with Crippen molar-refractivity contribution in [1.29, 1.82) is 0 Å². The fraction of sp³-hybridized carbons (Fsp3) is 0.300. The SMILES string of the molecule is COc1ccc(C(=O)NC(=S)Nc2ccc(N3CCN(C)CC3)c(Cl)c2)cc1Br.